The van der Waals surface area contributed by atoms with Crippen LogP contribution in [0.1, 0.15) is 25.7 Å². The largest absolute Gasteiger partial charge is 0.495 e. The number of aliphatic imine (C=N–C) groups is 1. The summed E-state index contributed by atoms with van der Waals surface area (Å²) >= 11 is 0. The first-order valence-electron chi connectivity index (χ1n) is 9.59. The number of rotatable bonds is 5. The van der Waals surface area contributed by atoms with Gasteiger partial charge in [-0.3, -0.25) is 4.99 Å². The van der Waals surface area contributed by atoms with E-state index in [4.69, 9.17) is 4.74 Å². The fraction of sp³-hybridized carbons (Fsp3) is 0.650. The van der Waals surface area contributed by atoms with E-state index in [0.717, 1.165) is 50.4 Å². The summed E-state index contributed by atoms with van der Waals surface area (Å²) in [5.41, 5.74) is 1.80. The van der Waals surface area contributed by atoms with Crippen molar-refractivity contribution in [3.05, 3.63) is 24.3 Å². The quantitative estimate of drug-likeness (QED) is 0.659. The van der Waals surface area contributed by atoms with Gasteiger partial charge in [0.2, 0.25) is 0 Å². The third-order valence-corrected chi connectivity index (χ3v) is 6.15. The second-order valence-corrected chi connectivity index (χ2v) is 7.68. The van der Waals surface area contributed by atoms with E-state index in [2.05, 4.69) is 32.2 Å². The zero-order chi connectivity index (χ0) is 17.3. The van der Waals surface area contributed by atoms with Crippen LogP contribution in [0.2, 0.25) is 0 Å². The molecule has 5 nitrogen and oxygen atoms in total. The number of anilines is 1. The smallest absolute Gasteiger partial charge is 0.193 e. The Morgan fingerprint density at radius 1 is 1.20 bits per heavy atom. The third kappa shape index (κ3) is 3.42. The highest BCUT2D eigenvalue weighted by atomic mass is 16.5. The molecule has 3 aliphatic rings. The molecule has 1 heterocycles. The van der Waals surface area contributed by atoms with Gasteiger partial charge in [0.05, 0.1) is 12.8 Å². The van der Waals surface area contributed by atoms with Crippen molar-refractivity contribution in [3.63, 3.8) is 0 Å². The molecule has 0 unspecified atom stereocenters. The van der Waals surface area contributed by atoms with Crippen molar-refractivity contribution in [1.29, 1.82) is 0 Å². The van der Waals surface area contributed by atoms with Gasteiger partial charge in [-0.05, 0) is 49.1 Å². The second-order valence-electron chi connectivity index (χ2n) is 7.68. The van der Waals surface area contributed by atoms with Crippen molar-refractivity contribution < 1.29 is 4.74 Å². The molecule has 136 valence electrons. The molecule has 1 N–H and O–H groups in total. The number of hydrogen-bond acceptors (Lipinski definition) is 3. The Balaban J connectivity index is 1.32. The lowest BCUT2D eigenvalue weighted by atomic mass is 10.0. The van der Waals surface area contributed by atoms with Crippen LogP contribution in [0.4, 0.5) is 5.69 Å². The maximum absolute atomic E-state index is 5.51. The molecule has 0 atom stereocenters. The van der Waals surface area contributed by atoms with Gasteiger partial charge in [0.25, 0.3) is 0 Å². The van der Waals surface area contributed by atoms with Gasteiger partial charge >= 0.3 is 0 Å². The highest BCUT2D eigenvalue weighted by Gasteiger charge is 2.53. The van der Waals surface area contributed by atoms with Gasteiger partial charge < -0.3 is 19.9 Å². The van der Waals surface area contributed by atoms with Crippen molar-refractivity contribution in [1.82, 2.24) is 10.2 Å². The number of ether oxygens (including phenoxy) is 1. The summed E-state index contributed by atoms with van der Waals surface area (Å²) in [4.78, 5) is 9.35. The van der Waals surface area contributed by atoms with Gasteiger partial charge in [-0.1, -0.05) is 12.1 Å². The molecule has 0 aromatic heterocycles. The molecular formula is C20H30N4O. The van der Waals surface area contributed by atoms with Crippen LogP contribution in [-0.4, -0.2) is 57.7 Å². The first kappa shape index (κ1) is 16.6. The van der Waals surface area contributed by atoms with Gasteiger partial charge in [0.15, 0.2) is 5.96 Å². The Bertz CT molecular complexity index is 628. The van der Waals surface area contributed by atoms with Crippen molar-refractivity contribution in [2.24, 2.45) is 16.3 Å². The van der Waals surface area contributed by atoms with Gasteiger partial charge in [0, 0.05) is 39.8 Å². The van der Waals surface area contributed by atoms with E-state index in [9.17, 15) is 0 Å². The van der Waals surface area contributed by atoms with Crippen LogP contribution in [-0.2, 0) is 0 Å². The molecule has 1 aliphatic heterocycles. The number of benzene rings is 1. The maximum atomic E-state index is 5.51. The van der Waals surface area contributed by atoms with Crippen molar-refractivity contribution in [3.8, 4) is 5.75 Å². The third-order valence-electron chi connectivity index (χ3n) is 6.15. The Kier molecular flexibility index (Phi) is 4.48. The first-order chi connectivity index (χ1) is 12.3. The molecular weight excluding hydrogens is 312 g/mol. The molecule has 0 bridgehead atoms. The Morgan fingerprint density at radius 2 is 1.92 bits per heavy atom. The molecule has 3 fully saturated rings. The summed E-state index contributed by atoms with van der Waals surface area (Å²) in [7, 11) is 3.65. The minimum atomic E-state index is 0.606. The van der Waals surface area contributed by atoms with Gasteiger partial charge in [-0.15, -0.1) is 0 Å². The number of nitrogens with zero attached hydrogens (tertiary/aromatic N) is 3. The first-order valence-corrected chi connectivity index (χ1v) is 9.59. The molecule has 25 heavy (non-hydrogen) atoms. The number of hydrogen-bond donors (Lipinski definition) is 1. The minimum Gasteiger partial charge on any atom is -0.495 e. The van der Waals surface area contributed by atoms with Gasteiger partial charge in [0.1, 0.15) is 5.75 Å². The SMILES string of the molecule is CN=C(NCC1(C2CC2)CC1)N1CCN(c2ccccc2OC)CC1. The van der Waals surface area contributed by atoms with E-state index in [1.165, 1.54) is 31.4 Å². The molecule has 1 saturated heterocycles. The predicted molar refractivity (Wildman–Crippen MR) is 103 cm³/mol. The molecule has 2 aliphatic carbocycles. The standard InChI is InChI=1S/C20H30N4O/c1-21-19(22-15-20(9-10-20)16-7-8-16)24-13-11-23(12-14-24)17-5-3-4-6-18(17)25-2/h3-6,16H,7-15H2,1-2H3,(H,21,22). The fourth-order valence-electron chi connectivity index (χ4n) is 4.22. The predicted octanol–water partition coefficient (Wildman–Crippen LogP) is 2.58. The van der Waals surface area contributed by atoms with E-state index in [1.54, 1.807) is 7.11 Å². The van der Waals surface area contributed by atoms with Crippen LogP contribution in [0.3, 0.4) is 0 Å². The number of nitrogens with one attached hydrogen (secondary N) is 1. The number of para-hydroxylation sites is 2. The van der Waals surface area contributed by atoms with Crippen molar-refractivity contribution in [2.75, 3.05) is 51.8 Å². The van der Waals surface area contributed by atoms with Gasteiger partial charge in [-0.2, -0.15) is 0 Å². The number of guanidine groups is 1. The molecule has 4 rings (SSSR count). The Hall–Kier alpha value is -1.91. The van der Waals surface area contributed by atoms with Crippen molar-refractivity contribution in [2.45, 2.75) is 25.7 Å². The number of methoxy groups -OCH3 is 1. The van der Waals surface area contributed by atoms with E-state index < -0.39 is 0 Å². The fourth-order valence-corrected chi connectivity index (χ4v) is 4.22. The van der Waals surface area contributed by atoms with E-state index in [1.807, 2.05) is 19.2 Å². The summed E-state index contributed by atoms with van der Waals surface area (Å²) in [6.45, 7) is 5.09. The lowest BCUT2D eigenvalue weighted by molar-refractivity contribution is 0.356. The summed E-state index contributed by atoms with van der Waals surface area (Å²) in [5.74, 6) is 3.02. The normalized spacial score (nSPS) is 22.7. The zero-order valence-electron chi connectivity index (χ0n) is 15.5. The lowest BCUT2D eigenvalue weighted by Crippen LogP contribution is -2.53. The Labute approximate surface area is 151 Å². The molecule has 1 aromatic rings. The van der Waals surface area contributed by atoms with Crippen LogP contribution in [0.15, 0.2) is 29.3 Å². The highest BCUT2D eigenvalue weighted by Crippen LogP contribution is 2.60. The maximum Gasteiger partial charge on any atom is 0.193 e. The van der Waals surface area contributed by atoms with E-state index in [0.29, 0.717) is 5.41 Å². The van der Waals surface area contributed by atoms with E-state index in [-0.39, 0.29) is 0 Å². The highest BCUT2D eigenvalue weighted by molar-refractivity contribution is 5.80. The molecule has 0 spiro atoms. The summed E-state index contributed by atoms with van der Waals surface area (Å²) in [6.07, 6.45) is 5.70. The lowest BCUT2D eigenvalue weighted by Gasteiger charge is -2.38. The average molecular weight is 342 g/mol. The van der Waals surface area contributed by atoms with Gasteiger partial charge in [-0.25, -0.2) is 0 Å². The molecule has 1 aromatic carbocycles. The van der Waals surface area contributed by atoms with E-state index >= 15 is 0 Å². The van der Waals surface area contributed by atoms with Crippen LogP contribution in [0.25, 0.3) is 0 Å². The summed E-state index contributed by atoms with van der Waals surface area (Å²) < 4.78 is 5.51. The Morgan fingerprint density at radius 3 is 2.52 bits per heavy atom. The van der Waals surface area contributed by atoms with Crippen molar-refractivity contribution >= 4 is 11.6 Å². The van der Waals surface area contributed by atoms with Crippen LogP contribution in [0.5, 0.6) is 5.75 Å². The van der Waals surface area contributed by atoms with Crippen LogP contribution >= 0.6 is 0 Å². The summed E-state index contributed by atoms with van der Waals surface area (Å²) in [5, 5.41) is 3.67. The second kappa shape index (κ2) is 6.77. The minimum absolute atomic E-state index is 0.606. The average Bonchev–Trinajstić information content (AvgIpc) is 3.56. The topological polar surface area (TPSA) is 40.1 Å². The summed E-state index contributed by atoms with van der Waals surface area (Å²) in [6, 6.07) is 8.29. The molecule has 0 radical (unpaired) electrons. The molecule has 5 heteroatoms. The van der Waals surface area contributed by atoms with Crippen LogP contribution < -0.4 is 15.0 Å². The monoisotopic (exact) mass is 342 g/mol. The number of piperazine rings is 1. The molecule has 0 amide bonds. The zero-order valence-corrected chi connectivity index (χ0v) is 15.5. The molecule has 2 saturated carbocycles. The van der Waals surface area contributed by atoms with Crippen LogP contribution in [0, 0.1) is 11.3 Å².